The molecule has 0 heterocycles. The maximum Gasteiger partial charge on any atom is 0.128 e. The van der Waals surface area contributed by atoms with E-state index in [4.69, 9.17) is 11.6 Å². The normalized spacial score (nSPS) is 10.4. The quantitative estimate of drug-likeness (QED) is 0.834. The van der Waals surface area contributed by atoms with Crippen molar-refractivity contribution in [3.63, 3.8) is 0 Å². The van der Waals surface area contributed by atoms with Crippen molar-refractivity contribution >= 4 is 33.2 Å². The topological polar surface area (TPSA) is 12.0 Å². The predicted octanol–water partition coefficient (Wildman–Crippen LogP) is 4.99. The molecule has 0 radical (unpaired) electrons. The maximum atomic E-state index is 13.5. The largest absolute Gasteiger partial charge is 0.381 e. The Morgan fingerprint density at radius 2 is 1.89 bits per heavy atom. The van der Waals surface area contributed by atoms with Gasteiger partial charge >= 0.3 is 0 Å². The Bertz CT molecular complexity index is 555. The monoisotopic (exact) mass is 331 g/mol. The van der Waals surface area contributed by atoms with Gasteiger partial charge in [-0.25, -0.2) is 8.78 Å². The van der Waals surface area contributed by atoms with Crippen LogP contribution in [0, 0.1) is 11.6 Å². The Hall–Kier alpha value is -1.13. The summed E-state index contributed by atoms with van der Waals surface area (Å²) < 4.78 is 27.4. The summed E-state index contributed by atoms with van der Waals surface area (Å²) in [5, 5.41) is 3.22. The number of hydrogen-bond acceptors (Lipinski definition) is 1. The SMILES string of the molecule is Fc1cc(Cl)cc(NCc2cc(Br)ccc2F)c1. The van der Waals surface area contributed by atoms with Gasteiger partial charge in [-0.2, -0.15) is 0 Å². The summed E-state index contributed by atoms with van der Waals surface area (Å²) in [6, 6.07) is 8.77. The summed E-state index contributed by atoms with van der Waals surface area (Å²) in [6.45, 7) is 0.255. The minimum Gasteiger partial charge on any atom is -0.381 e. The highest BCUT2D eigenvalue weighted by atomic mass is 79.9. The highest BCUT2D eigenvalue weighted by molar-refractivity contribution is 9.10. The van der Waals surface area contributed by atoms with Gasteiger partial charge in [0.05, 0.1) is 0 Å². The number of anilines is 1. The van der Waals surface area contributed by atoms with Gasteiger partial charge < -0.3 is 5.32 Å². The molecule has 18 heavy (non-hydrogen) atoms. The van der Waals surface area contributed by atoms with Crippen molar-refractivity contribution in [3.05, 3.63) is 63.1 Å². The van der Waals surface area contributed by atoms with Crippen LogP contribution in [0.15, 0.2) is 40.9 Å². The number of nitrogens with one attached hydrogen (secondary N) is 1. The first-order valence-corrected chi connectivity index (χ1v) is 6.35. The number of rotatable bonds is 3. The molecule has 2 rings (SSSR count). The van der Waals surface area contributed by atoms with Gasteiger partial charge in [-0.05, 0) is 36.4 Å². The molecule has 94 valence electrons. The molecule has 2 aromatic rings. The molecular formula is C13H9BrClF2N. The maximum absolute atomic E-state index is 13.5. The summed E-state index contributed by atoms with van der Waals surface area (Å²) in [4.78, 5) is 0. The zero-order valence-corrected chi connectivity index (χ0v) is 11.5. The molecule has 1 N–H and O–H groups in total. The fourth-order valence-corrected chi connectivity index (χ4v) is 2.16. The first-order valence-electron chi connectivity index (χ1n) is 5.18. The van der Waals surface area contributed by atoms with Crippen LogP contribution in [-0.4, -0.2) is 0 Å². The van der Waals surface area contributed by atoms with E-state index in [1.165, 1.54) is 18.2 Å². The van der Waals surface area contributed by atoms with Gasteiger partial charge in [-0.3, -0.25) is 0 Å². The van der Waals surface area contributed by atoms with Crippen molar-refractivity contribution < 1.29 is 8.78 Å². The van der Waals surface area contributed by atoms with Crippen LogP contribution in [0.25, 0.3) is 0 Å². The van der Waals surface area contributed by atoms with E-state index < -0.39 is 5.82 Å². The van der Waals surface area contributed by atoms with Crippen LogP contribution in [0.2, 0.25) is 5.02 Å². The lowest BCUT2D eigenvalue weighted by Gasteiger charge is -2.08. The standard InChI is InChI=1S/C13H9BrClF2N/c14-9-1-2-13(17)8(3-9)7-18-12-5-10(15)4-11(16)6-12/h1-6,18H,7H2. The third-order valence-corrected chi connectivity index (χ3v) is 3.06. The summed E-state index contributed by atoms with van der Waals surface area (Å²) in [6.07, 6.45) is 0. The van der Waals surface area contributed by atoms with Crippen LogP contribution in [-0.2, 0) is 6.54 Å². The summed E-state index contributed by atoms with van der Waals surface area (Å²) in [7, 11) is 0. The summed E-state index contributed by atoms with van der Waals surface area (Å²) in [5.41, 5.74) is 1.00. The molecule has 0 saturated carbocycles. The van der Waals surface area contributed by atoms with Crippen LogP contribution >= 0.6 is 27.5 Å². The second kappa shape index (κ2) is 5.67. The van der Waals surface area contributed by atoms with Crippen molar-refractivity contribution in [3.8, 4) is 0 Å². The second-order valence-corrected chi connectivity index (χ2v) is 5.10. The molecule has 0 aliphatic heterocycles. The lowest BCUT2D eigenvalue weighted by molar-refractivity contribution is 0.612. The molecular weight excluding hydrogens is 324 g/mol. The Kier molecular flexibility index (Phi) is 4.19. The molecule has 0 saturated heterocycles. The van der Waals surface area contributed by atoms with Crippen molar-refractivity contribution in [2.45, 2.75) is 6.54 Å². The van der Waals surface area contributed by atoms with Gasteiger partial charge in [0, 0.05) is 27.3 Å². The van der Waals surface area contributed by atoms with Crippen molar-refractivity contribution in [1.82, 2.24) is 0 Å². The molecule has 0 spiro atoms. The average Bonchev–Trinajstić information content (AvgIpc) is 2.29. The van der Waals surface area contributed by atoms with E-state index in [1.54, 1.807) is 18.2 Å². The van der Waals surface area contributed by atoms with Gasteiger partial charge in [-0.1, -0.05) is 27.5 Å². The third-order valence-electron chi connectivity index (χ3n) is 2.35. The van der Waals surface area contributed by atoms with E-state index in [9.17, 15) is 8.78 Å². The smallest absolute Gasteiger partial charge is 0.128 e. The van der Waals surface area contributed by atoms with E-state index in [2.05, 4.69) is 21.2 Å². The summed E-state index contributed by atoms with van der Waals surface area (Å²) >= 11 is 9.00. The molecule has 0 aliphatic carbocycles. The van der Waals surface area contributed by atoms with E-state index in [-0.39, 0.29) is 12.4 Å². The number of halogens is 4. The Balaban J connectivity index is 2.13. The first-order chi connectivity index (χ1) is 8.54. The van der Waals surface area contributed by atoms with Crippen molar-refractivity contribution in [2.75, 3.05) is 5.32 Å². The van der Waals surface area contributed by atoms with Gasteiger partial charge in [-0.15, -0.1) is 0 Å². The predicted molar refractivity (Wildman–Crippen MR) is 72.8 cm³/mol. The minimum absolute atomic E-state index is 0.255. The molecule has 0 fully saturated rings. The van der Waals surface area contributed by atoms with Gasteiger partial charge in [0.2, 0.25) is 0 Å². The number of hydrogen-bond donors (Lipinski definition) is 1. The lowest BCUT2D eigenvalue weighted by Crippen LogP contribution is -2.02. The van der Waals surface area contributed by atoms with Gasteiger partial charge in [0.15, 0.2) is 0 Å². The molecule has 0 bridgehead atoms. The van der Waals surface area contributed by atoms with Crippen LogP contribution in [0.5, 0.6) is 0 Å². The van der Waals surface area contributed by atoms with E-state index in [1.807, 2.05) is 0 Å². The van der Waals surface area contributed by atoms with Gasteiger partial charge in [0.1, 0.15) is 11.6 Å². The molecule has 5 heteroatoms. The third kappa shape index (κ3) is 3.43. The van der Waals surface area contributed by atoms with Crippen LogP contribution in [0.4, 0.5) is 14.5 Å². The van der Waals surface area contributed by atoms with E-state index in [0.29, 0.717) is 16.3 Å². The Labute approximate surface area is 117 Å². The zero-order chi connectivity index (χ0) is 13.1. The van der Waals surface area contributed by atoms with Crippen LogP contribution < -0.4 is 5.32 Å². The molecule has 0 aromatic heterocycles. The van der Waals surface area contributed by atoms with Gasteiger partial charge in [0.25, 0.3) is 0 Å². The zero-order valence-electron chi connectivity index (χ0n) is 9.18. The lowest BCUT2D eigenvalue weighted by atomic mass is 10.2. The van der Waals surface area contributed by atoms with Crippen molar-refractivity contribution in [1.29, 1.82) is 0 Å². The fraction of sp³-hybridized carbons (Fsp3) is 0.0769. The van der Waals surface area contributed by atoms with E-state index >= 15 is 0 Å². The second-order valence-electron chi connectivity index (χ2n) is 3.75. The van der Waals surface area contributed by atoms with E-state index in [0.717, 1.165) is 4.47 Å². The molecule has 0 atom stereocenters. The van der Waals surface area contributed by atoms with Crippen LogP contribution in [0.3, 0.4) is 0 Å². The molecule has 1 nitrogen and oxygen atoms in total. The Morgan fingerprint density at radius 3 is 2.61 bits per heavy atom. The molecule has 2 aromatic carbocycles. The molecule has 0 aliphatic rings. The fourth-order valence-electron chi connectivity index (χ4n) is 1.53. The molecule has 0 unspecified atom stereocenters. The highest BCUT2D eigenvalue weighted by Gasteiger charge is 2.04. The first kappa shape index (κ1) is 13.3. The number of benzene rings is 2. The van der Waals surface area contributed by atoms with Crippen molar-refractivity contribution in [2.24, 2.45) is 0 Å². The highest BCUT2D eigenvalue weighted by Crippen LogP contribution is 2.20. The summed E-state index contributed by atoms with van der Waals surface area (Å²) in [5.74, 6) is -0.743. The minimum atomic E-state index is -0.431. The molecule has 0 amide bonds. The van der Waals surface area contributed by atoms with Crippen LogP contribution in [0.1, 0.15) is 5.56 Å². The average molecular weight is 333 g/mol. The Morgan fingerprint density at radius 1 is 1.11 bits per heavy atom.